The fraction of sp³-hybridized carbons (Fsp3) is 0.0870. The predicted octanol–water partition coefficient (Wildman–Crippen LogP) is 4.64. The largest absolute Gasteiger partial charge is 0.416 e. The van der Waals surface area contributed by atoms with E-state index in [1.54, 1.807) is 53.2 Å². The highest BCUT2D eigenvalue weighted by Crippen LogP contribution is 2.33. The van der Waals surface area contributed by atoms with Gasteiger partial charge in [0.2, 0.25) is 5.95 Å². The Labute approximate surface area is 184 Å². The van der Waals surface area contributed by atoms with E-state index in [9.17, 15) is 23.1 Å². The average molecular weight is 451 g/mol. The summed E-state index contributed by atoms with van der Waals surface area (Å²) in [5, 5.41) is 11.9. The molecule has 1 amide bonds. The second kappa shape index (κ2) is 7.75. The number of amides is 1. The first-order valence-corrected chi connectivity index (χ1v) is 9.87. The van der Waals surface area contributed by atoms with Crippen LogP contribution in [0.25, 0.3) is 27.8 Å². The molecule has 0 atom stereocenters. The molecule has 3 N–H and O–H groups in total. The molecule has 3 heterocycles. The third-order valence-electron chi connectivity index (χ3n) is 5.18. The van der Waals surface area contributed by atoms with Gasteiger partial charge in [-0.15, -0.1) is 0 Å². The molecule has 33 heavy (non-hydrogen) atoms. The van der Waals surface area contributed by atoms with Gasteiger partial charge in [-0.2, -0.15) is 13.2 Å². The predicted molar refractivity (Wildman–Crippen MR) is 116 cm³/mol. The molecule has 10 heteroatoms. The van der Waals surface area contributed by atoms with E-state index in [1.807, 2.05) is 0 Å². The smallest absolute Gasteiger partial charge is 0.392 e. The van der Waals surface area contributed by atoms with Gasteiger partial charge in [-0.3, -0.25) is 10.1 Å². The third kappa shape index (κ3) is 4.03. The Morgan fingerprint density at radius 3 is 2.67 bits per heavy atom. The SMILES string of the molecule is O=C(Nc1nc2cc(-c3cccc(C(F)(F)F)c3)ccc2[nH]1)c1cn2ccc(CO)cc2n1. The summed E-state index contributed by atoms with van der Waals surface area (Å²) in [6, 6.07) is 13.5. The molecule has 166 valence electrons. The first-order chi connectivity index (χ1) is 15.8. The molecule has 0 unspecified atom stereocenters. The number of H-pyrrole nitrogens is 1. The quantitative estimate of drug-likeness (QED) is 0.371. The van der Waals surface area contributed by atoms with Gasteiger partial charge in [0.15, 0.2) is 0 Å². The van der Waals surface area contributed by atoms with Gasteiger partial charge in [0.25, 0.3) is 5.91 Å². The van der Waals surface area contributed by atoms with Crippen LogP contribution < -0.4 is 5.32 Å². The molecule has 0 aliphatic rings. The van der Waals surface area contributed by atoms with Crippen molar-refractivity contribution in [1.82, 2.24) is 19.4 Å². The number of alkyl halides is 3. The van der Waals surface area contributed by atoms with Gasteiger partial charge in [-0.05, 0) is 53.1 Å². The molecule has 5 rings (SSSR count). The summed E-state index contributed by atoms with van der Waals surface area (Å²) in [4.78, 5) is 24.2. The van der Waals surface area contributed by atoms with Crippen molar-refractivity contribution in [2.75, 3.05) is 5.32 Å². The molecule has 0 bridgehead atoms. The van der Waals surface area contributed by atoms with Crippen LogP contribution in [-0.2, 0) is 12.8 Å². The van der Waals surface area contributed by atoms with Gasteiger partial charge in [0.05, 0.1) is 23.2 Å². The van der Waals surface area contributed by atoms with E-state index in [-0.39, 0.29) is 18.2 Å². The summed E-state index contributed by atoms with van der Waals surface area (Å²) < 4.78 is 40.8. The number of aromatic nitrogens is 4. The summed E-state index contributed by atoms with van der Waals surface area (Å²) in [5.41, 5.74) is 2.71. The lowest BCUT2D eigenvalue weighted by Crippen LogP contribution is -2.13. The van der Waals surface area contributed by atoms with E-state index in [2.05, 4.69) is 20.3 Å². The minimum atomic E-state index is -4.43. The topological polar surface area (TPSA) is 95.3 Å². The van der Waals surface area contributed by atoms with Gasteiger partial charge in [0, 0.05) is 12.4 Å². The van der Waals surface area contributed by atoms with Crippen molar-refractivity contribution in [1.29, 1.82) is 0 Å². The average Bonchev–Trinajstić information content (AvgIpc) is 3.41. The fourth-order valence-corrected chi connectivity index (χ4v) is 3.52. The Morgan fingerprint density at radius 1 is 1.06 bits per heavy atom. The number of fused-ring (bicyclic) bond motifs is 2. The maximum absolute atomic E-state index is 13.0. The summed E-state index contributed by atoms with van der Waals surface area (Å²) in [6.07, 6.45) is -1.18. The van der Waals surface area contributed by atoms with Crippen molar-refractivity contribution >= 4 is 28.5 Å². The van der Waals surface area contributed by atoms with Crippen LogP contribution in [0.15, 0.2) is 67.0 Å². The second-order valence-electron chi connectivity index (χ2n) is 7.43. The highest BCUT2D eigenvalue weighted by Gasteiger charge is 2.30. The van der Waals surface area contributed by atoms with Crippen LogP contribution in [0.3, 0.4) is 0 Å². The molecule has 0 fully saturated rings. The van der Waals surface area contributed by atoms with Gasteiger partial charge < -0.3 is 14.5 Å². The number of carbonyl (C=O) groups excluding carboxylic acids is 1. The summed E-state index contributed by atoms with van der Waals surface area (Å²) in [6.45, 7) is -0.133. The Hall–Kier alpha value is -4.18. The Bertz CT molecular complexity index is 1500. The van der Waals surface area contributed by atoms with Crippen LogP contribution in [-0.4, -0.2) is 30.4 Å². The zero-order valence-electron chi connectivity index (χ0n) is 16.9. The molecule has 7 nitrogen and oxygen atoms in total. The van der Waals surface area contributed by atoms with E-state index in [0.29, 0.717) is 33.4 Å². The number of imidazole rings is 2. The minimum Gasteiger partial charge on any atom is -0.392 e. The Morgan fingerprint density at radius 2 is 1.88 bits per heavy atom. The van der Waals surface area contributed by atoms with Crippen LogP contribution in [0.1, 0.15) is 21.6 Å². The van der Waals surface area contributed by atoms with Gasteiger partial charge in [-0.1, -0.05) is 18.2 Å². The van der Waals surface area contributed by atoms with Crippen LogP contribution in [0.2, 0.25) is 0 Å². The van der Waals surface area contributed by atoms with Crippen LogP contribution >= 0.6 is 0 Å². The number of nitrogens with one attached hydrogen (secondary N) is 2. The van der Waals surface area contributed by atoms with Crippen molar-refractivity contribution in [3.8, 4) is 11.1 Å². The molecular formula is C23H16F3N5O2. The molecule has 0 saturated carbocycles. The number of halogens is 3. The number of hydrogen-bond donors (Lipinski definition) is 3. The summed E-state index contributed by atoms with van der Waals surface area (Å²) in [7, 11) is 0. The van der Waals surface area contributed by atoms with Crippen molar-refractivity contribution in [2.45, 2.75) is 12.8 Å². The molecule has 5 aromatic rings. The number of aromatic amines is 1. The molecule has 3 aromatic heterocycles. The fourth-order valence-electron chi connectivity index (χ4n) is 3.52. The number of rotatable bonds is 4. The molecule has 0 aliphatic carbocycles. The number of anilines is 1. The zero-order chi connectivity index (χ0) is 23.2. The normalized spacial score (nSPS) is 11.9. The molecule has 0 radical (unpaired) electrons. The third-order valence-corrected chi connectivity index (χ3v) is 5.18. The second-order valence-corrected chi connectivity index (χ2v) is 7.43. The van der Waals surface area contributed by atoms with Crippen molar-refractivity contribution < 1.29 is 23.1 Å². The van der Waals surface area contributed by atoms with Gasteiger partial charge in [0.1, 0.15) is 11.3 Å². The zero-order valence-corrected chi connectivity index (χ0v) is 16.9. The Kier molecular flexibility index (Phi) is 4.86. The minimum absolute atomic E-state index is 0.133. The van der Waals surface area contributed by atoms with E-state index in [4.69, 9.17) is 0 Å². The molecule has 0 aliphatic heterocycles. The standard InChI is InChI=1S/C23H16F3N5O2/c24-23(25,26)16-3-1-2-14(9-16)15-4-5-17-18(10-15)29-22(28-17)30-21(33)19-11-31-7-6-13(12-32)8-20(31)27-19/h1-11,32H,12H2,(H2,28,29,30,33). The van der Waals surface area contributed by atoms with Crippen LogP contribution in [0, 0.1) is 0 Å². The number of aliphatic hydroxyl groups excluding tert-OH is 1. The lowest BCUT2D eigenvalue weighted by Gasteiger charge is -2.08. The van der Waals surface area contributed by atoms with Crippen molar-refractivity contribution in [2.24, 2.45) is 0 Å². The molecular weight excluding hydrogens is 435 g/mol. The molecule has 0 saturated heterocycles. The number of hydrogen-bond acceptors (Lipinski definition) is 4. The lowest BCUT2D eigenvalue weighted by molar-refractivity contribution is -0.137. The highest BCUT2D eigenvalue weighted by atomic mass is 19.4. The van der Waals surface area contributed by atoms with Crippen molar-refractivity contribution in [3.63, 3.8) is 0 Å². The number of aliphatic hydroxyl groups is 1. The summed E-state index contributed by atoms with van der Waals surface area (Å²) in [5.74, 6) is -0.300. The van der Waals surface area contributed by atoms with Gasteiger partial charge in [-0.25, -0.2) is 9.97 Å². The van der Waals surface area contributed by atoms with E-state index < -0.39 is 17.6 Å². The monoisotopic (exact) mass is 451 g/mol. The number of nitrogens with zero attached hydrogens (tertiary/aromatic N) is 3. The Balaban J connectivity index is 1.41. The van der Waals surface area contributed by atoms with E-state index in [1.165, 1.54) is 6.07 Å². The maximum Gasteiger partial charge on any atom is 0.416 e. The first kappa shape index (κ1) is 20.7. The molecule has 0 spiro atoms. The van der Waals surface area contributed by atoms with E-state index in [0.717, 1.165) is 12.1 Å². The lowest BCUT2D eigenvalue weighted by atomic mass is 10.0. The van der Waals surface area contributed by atoms with Crippen molar-refractivity contribution in [3.05, 3.63) is 83.8 Å². The van der Waals surface area contributed by atoms with Crippen LogP contribution in [0.5, 0.6) is 0 Å². The van der Waals surface area contributed by atoms with E-state index >= 15 is 0 Å². The van der Waals surface area contributed by atoms with Gasteiger partial charge >= 0.3 is 6.18 Å². The number of pyridine rings is 1. The number of benzene rings is 2. The highest BCUT2D eigenvalue weighted by molar-refractivity contribution is 6.03. The maximum atomic E-state index is 13.0. The number of carbonyl (C=O) groups is 1. The summed E-state index contributed by atoms with van der Waals surface area (Å²) >= 11 is 0. The van der Waals surface area contributed by atoms with Crippen LogP contribution in [0.4, 0.5) is 19.1 Å². The molecule has 2 aromatic carbocycles. The first-order valence-electron chi connectivity index (χ1n) is 9.87.